The van der Waals surface area contributed by atoms with Crippen molar-refractivity contribution in [3.8, 4) is 5.75 Å². The molecule has 2 rings (SSSR count). The average Bonchev–Trinajstić information content (AvgIpc) is 2.79. The maximum absolute atomic E-state index is 13.5. The molecular formula is C9H6ClFN2O4S. The minimum absolute atomic E-state index is 0.0968. The molecule has 0 atom stereocenters. The first-order valence-electron chi connectivity index (χ1n) is 4.59. The number of halogens is 2. The Bertz CT molecular complexity index is 645. The molecule has 0 bridgehead atoms. The van der Waals surface area contributed by atoms with E-state index in [2.05, 4.69) is 14.7 Å². The molecule has 1 aromatic carbocycles. The first kappa shape index (κ1) is 12.8. The van der Waals surface area contributed by atoms with Crippen LogP contribution >= 0.6 is 10.7 Å². The average molecular weight is 293 g/mol. The van der Waals surface area contributed by atoms with Crippen LogP contribution in [0.5, 0.6) is 5.75 Å². The number of ether oxygens (including phenoxy) is 1. The molecule has 0 saturated heterocycles. The van der Waals surface area contributed by atoms with Gasteiger partial charge in [0.15, 0.2) is 18.2 Å². The molecule has 1 heterocycles. The predicted molar refractivity (Wildman–Crippen MR) is 58.1 cm³/mol. The number of hydrogen-bond donors (Lipinski definition) is 0. The molecule has 96 valence electrons. The molecule has 0 radical (unpaired) electrons. The lowest BCUT2D eigenvalue weighted by atomic mass is 10.3. The Hall–Kier alpha value is -1.67. The van der Waals surface area contributed by atoms with E-state index in [-0.39, 0.29) is 23.1 Å². The first-order valence-corrected chi connectivity index (χ1v) is 6.90. The van der Waals surface area contributed by atoms with Gasteiger partial charge in [-0.25, -0.2) is 12.8 Å². The Morgan fingerprint density at radius 2 is 2.22 bits per heavy atom. The minimum Gasteiger partial charge on any atom is -0.482 e. The molecule has 9 heteroatoms. The van der Waals surface area contributed by atoms with Crippen molar-refractivity contribution in [1.29, 1.82) is 0 Å². The van der Waals surface area contributed by atoms with E-state index in [0.29, 0.717) is 0 Å². The van der Waals surface area contributed by atoms with Crippen LogP contribution in [-0.2, 0) is 15.7 Å². The molecule has 1 aromatic heterocycles. The zero-order chi connectivity index (χ0) is 13.2. The standard InChI is InChI=1S/C9H6ClFN2O4S/c10-18(14,15)6-1-2-8(7(11)3-6)16-4-9-12-5-17-13-9/h1-3,5H,4H2. The van der Waals surface area contributed by atoms with Gasteiger partial charge in [-0.3, -0.25) is 0 Å². The van der Waals surface area contributed by atoms with E-state index >= 15 is 0 Å². The molecule has 0 N–H and O–H groups in total. The molecule has 0 amide bonds. The third kappa shape index (κ3) is 2.96. The summed E-state index contributed by atoms with van der Waals surface area (Å²) in [4.78, 5) is 3.34. The molecule has 18 heavy (non-hydrogen) atoms. The number of nitrogens with zero attached hydrogens (tertiary/aromatic N) is 2. The van der Waals surface area contributed by atoms with Gasteiger partial charge in [0.05, 0.1) is 4.90 Å². The molecule has 2 aromatic rings. The molecule has 6 nitrogen and oxygen atoms in total. The van der Waals surface area contributed by atoms with E-state index in [4.69, 9.17) is 15.4 Å². The summed E-state index contributed by atoms with van der Waals surface area (Å²) < 4.78 is 44.9. The molecule has 0 unspecified atom stereocenters. The maximum Gasteiger partial charge on any atom is 0.261 e. The quantitative estimate of drug-likeness (QED) is 0.798. The van der Waals surface area contributed by atoms with Crippen molar-refractivity contribution >= 4 is 19.7 Å². The van der Waals surface area contributed by atoms with E-state index in [9.17, 15) is 12.8 Å². The van der Waals surface area contributed by atoms with E-state index in [0.717, 1.165) is 24.6 Å². The van der Waals surface area contributed by atoms with Gasteiger partial charge in [0.2, 0.25) is 12.2 Å². The van der Waals surface area contributed by atoms with Gasteiger partial charge >= 0.3 is 0 Å². The van der Waals surface area contributed by atoms with Gasteiger partial charge in [-0.2, -0.15) is 4.98 Å². The van der Waals surface area contributed by atoms with Gasteiger partial charge in [-0.15, -0.1) is 0 Å². The number of benzene rings is 1. The Kier molecular flexibility index (Phi) is 3.48. The van der Waals surface area contributed by atoms with Crippen LogP contribution in [0.4, 0.5) is 4.39 Å². The van der Waals surface area contributed by atoms with Crippen LogP contribution < -0.4 is 4.74 Å². The fraction of sp³-hybridized carbons (Fsp3) is 0.111. The Balaban J connectivity index is 2.15. The van der Waals surface area contributed by atoms with Gasteiger partial charge in [-0.1, -0.05) is 5.16 Å². The van der Waals surface area contributed by atoms with Crippen molar-refractivity contribution in [3.63, 3.8) is 0 Å². The van der Waals surface area contributed by atoms with Crippen LogP contribution in [0.15, 0.2) is 34.0 Å². The zero-order valence-corrected chi connectivity index (χ0v) is 10.3. The predicted octanol–water partition coefficient (Wildman–Crippen LogP) is 1.72. The summed E-state index contributed by atoms with van der Waals surface area (Å²) in [5.74, 6) is -0.743. The molecule has 0 aliphatic carbocycles. The second-order valence-corrected chi connectivity index (χ2v) is 5.73. The van der Waals surface area contributed by atoms with Crippen molar-refractivity contribution in [1.82, 2.24) is 10.1 Å². The highest BCUT2D eigenvalue weighted by atomic mass is 35.7. The van der Waals surface area contributed by atoms with E-state index in [1.165, 1.54) is 0 Å². The van der Waals surface area contributed by atoms with Crippen LogP contribution in [0.2, 0.25) is 0 Å². The number of aromatic nitrogens is 2. The van der Waals surface area contributed by atoms with Crippen LogP contribution in [-0.4, -0.2) is 18.6 Å². The van der Waals surface area contributed by atoms with Crippen LogP contribution in [0.1, 0.15) is 5.82 Å². The van der Waals surface area contributed by atoms with Gasteiger partial charge in [0.25, 0.3) is 9.05 Å². The monoisotopic (exact) mass is 292 g/mol. The lowest BCUT2D eigenvalue weighted by molar-refractivity contribution is 0.273. The van der Waals surface area contributed by atoms with Crippen molar-refractivity contribution in [2.75, 3.05) is 0 Å². The smallest absolute Gasteiger partial charge is 0.261 e. The van der Waals surface area contributed by atoms with Crippen molar-refractivity contribution < 1.29 is 22.1 Å². The lowest BCUT2D eigenvalue weighted by Gasteiger charge is -2.05. The summed E-state index contributed by atoms with van der Waals surface area (Å²) in [6, 6.07) is 3.07. The highest BCUT2D eigenvalue weighted by Crippen LogP contribution is 2.23. The molecule has 0 aliphatic rings. The van der Waals surface area contributed by atoms with Gasteiger partial charge in [-0.05, 0) is 18.2 Å². The summed E-state index contributed by atoms with van der Waals surface area (Å²) in [6.07, 6.45) is 1.11. The van der Waals surface area contributed by atoms with Crippen molar-refractivity contribution in [3.05, 3.63) is 36.2 Å². The number of hydrogen-bond acceptors (Lipinski definition) is 6. The van der Waals surface area contributed by atoms with Gasteiger partial charge < -0.3 is 9.26 Å². The maximum atomic E-state index is 13.5. The van der Waals surface area contributed by atoms with E-state index in [1.54, 1.807) is 0 Å². The second-order valence-electron chi connectivity index (χ2n) is 3.17. The molecule has 0 aliphatic heterocycles. The third-order valence-electron chi connectivity index (χ3n) is 1.95. The normalized spacial score (nSPS) is 11.4. The topological polar surface area (TPSA) is 82.3 Å². The minimum atomic E-state index is -3.96. The molecule has 0 saturated carbocycles. The zero-order valence-electron chi connectivity index (χ0n) is 8.71. The van der Waals surface area contributed by atoms with Crippen LogP contribution in [0.25, 0.3) is 0 Å². The van der Waals surface area contributed by atoms with Crippen molar-refractivity contribution in [2.24, 2.45) is 0 Å². The van der Waals surface area contributed by atoms with Gasteiger partial charge in [0.1, 0.15) is 0 Å². The highest BCUT2D eigenvalue weighted by Gasteiger charge is 2.14. The van der Waals surface area contributed by atoms with Crippen LogP contribution in [0.3, 0.4) is 0 Å². The summed E-state index contributed by atoms with van der Waals surface area (Å²) in [5.41, 5.74) is 0. The summed E-state index contributed by atoms with van der Waals surface area (Å²) in [7, 11) is 1.11. The summed E-state index contributed by atoms with van der Waals surface area (Å²) in [6.45, 7) is -0.0968. The lowest BCUT2D eigenvalue weighted by Crippen LogP contribution is -2.00. The second kappa shape index (κ2) is 4.91. The summed E-state index contributed by atoms with van der Waals surface area (Å²) in [5, 5.41) is 3.47. The molecular weight excluding hydrogens is 287 g/mol. The fourth-order valence-corrected chi connectivity index (χ4v) is 1.91. The Morgan fingerprint density at radius 3 is 2.78 bits per heavy atom. The van der Waals surface area contributed by atoms with Crippen LogP contribution in [0, 0.1) is 5.82 Å². The van der Waals surface area contributed by atoms with Gasteiger partial charge in [0, 0.05) is 10.7 Å². The molecule has 0 spiro atoms. The van der Waals surface area contributed by atoms with Crippen molar-refractivity contribution in [2.45, 2.75) is 11.5 Å². The third-order valence-corrected chi connectivity index (χ3v) is 3.30. The Labute approximate surface area is 106 Å². The molecule has 0 fully saturated rings. The summed E-state index contributed by atoms with van der Waals surface area (Å²) >= 11 is 0. The Morgan fingerprint density at radius 1 is 1.44 bits per heavy atom. The van der Waals surface area contributed by atoms with E-state index in [1.807, 2.05) is 0 Å². The SMILES string of the molecule is O=S(=O)(Cl)c1ccc(OCc2ncon2)c(F)c1. The first-order chi connectivity index (χ1) is 8.47. The number of rotatable bonds is 4. The fourth-order valence-electron chi connectivity index (χ4n) is 1.15. The largest absolute Gasteiger partial charge is 0.482 e. The highest BCUT2D eigenvalue weighted by molar-refractivity contribution is 8.13. The van der Waals surface area contributed by atoms with E-state index < -0.39 is 14.9 Å².